The van der Waals surface area contributed by atoms with E-state index in [9.17, 15) is 13.2 Å². The quantitative estimate of drug-likeness (QED) is 0.593. The SMILES string of the molecule is CC1=C(C)C(C)C([Si](C)(C)C(F)(F)F)=C1C. The van der Waals surface area contributed by atoms with Gasteiger partial charge in [0, 0.05) is 0 Å². The lowest BCUT2D eigenvalue weighted by molar-refractivity contribution is -0.0550. The summed E-state index contributed by atoms with van der Waals surface area (Å²) in [6.45, 7) is 10.4. The summed E-state index contributed by atoms with van der Waals surface area (Å²) in [6, 6.07) is 0. The molecule has 0 aromatic rings. The molecule has 92 valence electrons. The predicted molar refractivity (Wildman–Crippen MR) is 63.8 cm³/mol. The monoisotopic (exact) mass is 248 g/mol. The molecule has 0 fully saturated rings. The summed E-state index contributed by atoms with van der Waals surface area (Å²) in [7, 11) is -3.34. The van der Waals surface area contributed by atoms with Crippen molar-refractivity contribution < 1.29 is 13.2 Å². The van der Waals surface area contributed by atoms with Crippen LogP contribution in [0.25, 0.3) is 0 Å². The molecular formula is C12H19F3Si. The van der Waals surface area contributed by atoms with Crippen molar-refractivity contribution in [3.63, 3.8) is 0 Å². The lowest BCUT2D eigenvalue weighted by atomic mass is 10.1. The molecule has 0 amide bonds. The topological polar surface area (TPSA) is 0 Å². The first-order valence-electron chi connectivity index (χ1n) is 5.47. The van der Waals surface area contributed by atoms with E-state index in [4.69, 9.17) is 0 Å². The molecule has 0 N–H and O–H groups in total. The van der Waals surface area contributed by atoms with Crippen LogP contribution in [0.1, 0.15) is 27.7 Å². The Hall–Kier alpha value is -0.513. The zero-order valence-corrected chi connectivity index (χ0v) is 11.7. The molecule has 4 heteroatoms. The van der Waals surface area contributed by atoms with Crippen LogP contribution in [-0.4, -0.2) is 13.9 Å². The number of rotatable bonds is 1. The maximum atomic E-state index is 13.1. The molecule has 0 aromatic heterocycles. The summed E-state index contributed by atoms with van der Waals surface area (Å²) in [5, 5.41) is 0.662. The molecule has 0 nitrogen and oxygen atoms in total. The lowest BCUT2D eigenvalue weighted by Crippen LogP contribution is -2.48. The van der Waals surface area contributed by atoms with Crippen molar-refractivity contribution in [2.45, 2.75) is 46.6 Å². The maximum absolute atomic E-state index is 13.1. The van der Waals surface area contributed by atoms with E-state index >= 15 is 0 Å². The second-order valence-corrected chi connectivity index (χ2v) is 9.55. The molecule has 0 bridgehead atoms. The Kier molecular flexibility index (Phi) is 3.18. The summed E-state index contributed by atoms with van der Waals surface area (Å²) in [6.07, 6.45) is 0. The minimum atomic E-state index is -4.05. The third kappa shape index (κ3) is 1.77. The zero-order valence-electron chi connectivity index (χ0n) is 10.7. The molecule has 0 aliphatic heterocycles. The van der Waals surface area contributed by atoms with Gasteiger partial charge in [-0.05, 0) is 32.3 Å². The van der Waals surface area contributed by atoms with Crippen molar-refractivity contribution in [3.8, 4) is 0 Å². The molecule has 1 aliphatic rings. The third-order valence-electron chi connectivity index (χ3n) is 4.02. The Labute approximate surface area is 96.2 Å². The Morgan fingerprint density at radius 3 is 1.69 bits per heavy atom. The highest BCUT2D eigenvalue weighted by molar-refractivity contribution is 6.86. The molecule has 0 spiro atoms. The highest BCUT2D eigenvalue weighted by Crippen LogP contribution is 2.46. The van der Waals surface area contributed by atoms with E-state index in [0.29, 0.717) is 5.20 Å². The molecule has 0 saturated carbocycles. The lowest BCUT2D eigenvalue weighted by Gasteiger charge is -2.31. The number of hydrogen-bond donors (Lipinski definition) is 0. The van der Waals surface area contributed by atoms with Crippen molar-refractivity contribution in [2.75, 3.05) is 0 Å². The maximum Gasteiger partial charge on any atom is 0.365 e. The van der Waals surface area contributed by atoms with E-state index in [2.05, 4.69) is 0 Å². The number of allylic oxidation sites excluding steroid dienone is 4. The van der Waals surface area contributed by atoms with Gasteiger partial charge in [-0.2, -0.15) is 13.2 Å². The van der Waals surface area contributed by atoms with Gasteiger partial charge in [0.05, 0.1) is 0 Å². The molecule has 1 atom stereocenters. The summed E-state index contributed by atoms with van der Waals surface area (Å²) in [5.74, 6) is -4.09. The van der Waals surface area contributed by atoms with Gasteiger partial charge in [0.15, 0.2) is 0 Å². The standard InChI is InChI=1S/C12H19F3Si/c1-7-8(2)10(4)11(9(7)3)16(5,6)12(13,14)15/h9H,1-6H3. The first-order valence-corrected chi connectivity index (χ1v) is 8.47. The summed E-state index contributed by atoms with van der Waals surface area (Å²) in [5.41, 5.74) is 3.02. The fourth-order valence-corrected chi connectivity index (χ4v) is 5.26. The number of halogens is 3. The average molecular weight is 248 g/mol. The van der Waals surface area contributed by atoms with Crippen molar-refractivity contribution >= 4 is 8.07 Å². The van der Waals surface area contributed by atoms with Crippen LogP contribution in [0.4, 0.5) is 13.2 Å². The number of alkyl halides is 3. The highest BCUT2D eigenvalue weighted by Gasteiger charge is 2.54. The Morgan fingerprint density at radius 1 is 1.00 bits per heavy atom. The van der Waals surface area contributed by atoms with Crippen LogP contribution in [0, 0.1) is 5.92 Å². The molecular weight excluding hydrogens is 229 g/mol. The molecule has 0 heterocycles. The smallest absolute Gasteiger partial charge is 0.176 e. The summed E-state index contributed by atoms with van der Waals surface area (Å²) >= 11 is 0. The summed E-state index contributed by atoms with van der Waals surface area (Å²) in [4.78, 5) is 0. The van der Waals surface area contributed by atoms with Gasteiger partial charge in [-0.15, -0.1) is 0 Å². The van der Waals surface area contributed by atoms with Crippen molar-refractivity contribution in [1.82, 2.24) is 0 Å². The first-order chi connectivity index (χ1) is 7.01. The second-order valence-electron chi connectivity index (χ2n) is 5.19. The van der Waals surface area contributed by atoms with E-state index in [1.54, 1.807) is 0 Å². The Morgan fingerprint density at radius 2 is 1.44 bits per heavy atom. The van der Waals surface area contributed by atoms with Crippen LogP contribution in [0.3, 0.4) is 0 Å². The van der Waals surface area contributed by atoms with E-state index in [1.165, 1.54) is 13.1 Å². The Bertz CT molecular complexity index is 372. The highest BCUT2D eigenvalue weighted by atomic mass is 28.3. The van der Waals surface area contributed by atoms with Crippen LogP contribution in [0.15, 0.2) is 21.9 Å². The molecule has 1 aliphatic carbocycles. The average Bonchev–Trinajstić information content (AvgIpc) is 2.29. The van der Waals surface area contributed by atoms with Crippen LogP contribution in [0.2, 0.25) is 13.1 Å². The van der Waals surface area contributed by atoms with Crippen molar-refractivity contribution in [3.05, 3.63) is 21.9 Å². The molecule has 16 heavy (non-hydrogen) atoms. The van der Waals surface area contributed by atoms with Crippen molar-refractivity contribution in [2.24, 2.45) is 5.92 Å². The van der Waals surface area contributed by atoms with Gasteiger partial charge >= 0.3 is 5.80 Å². The van der Waals surface area contributed by atoms with Crippen molar-refractivity contribution in [1.29, 1.82) is 0 Å². The second kappa shape index (κ2) is 3.76. The fourth-order valence-electron chi connectivity index (χ4n) is 2.53. The molecule has 0 aromatic carbocycles. The van der Waals surface area contributed by atoms with Gasteiger partial charge in [0.1, 0.15) is 0 Å². The van der Waals surface area contributed by atoms with Gasteiger partial charge < -0.3 is 0 Å². The van der Waals surface area contributed by atoms with Crippen LogP contribution in [-0.2, 0) is 0 Å². The molecule has 1 rings (SSSR count). The Balaban J connectivity index is 3.29. The van der Waals surface area contributed by atoms with Gasteiger partial charge in [0.25, 0.3) is 0 Å². The van der Waals surface area contributed by atoms with Crippen LogP contribution >= 0.6 is 0 Å². The molecule has 0 saturated heterocycles. The zero-order chi connectivity index (χ0) is 12.9. The van der Waals surface area contributed by atoms with Crippen LogP contribution in [0.5, 0.6) is 0 Å². The molecule has 0 radical (unpaired) electrons. The van der Waals surface area contributed by atoms with Gasteiger partial charge in [-0.1, -0.05) is 36.4 Å². The van der Waals surface area contributed by atoms with Gasteiger partial charge in [-0.25, -0.2) is 0 Å². The largest absolute Gasteiger partial charge is 0.365 e. The predicted octanol–water partition coefficient (Wildman–Crippen LogP) is 4.64. The third-order valence-corrected chi connectivity index (χ3v) is 7.59. The van der Waals surface area contributed by atoms with E-state index in [0.717, 1.165) is 16.7 Å². The van der Waals surface area contributed by atoms with Gasteiger partial charge in [0.2, 0.25) is 8.07 Å². The van der Waals surface area contributed by atoms with E-state index < -0.39 is 13.9 Å². The minimum Gasteiger partial charge on any atom is -0.176 e. The van der Waals surface area contributed by atoms with E-state index in [1.807, 2.05) is 27.7 Å². The van der Waals surface area contributed by atoms with Crippen LogP contribution < -0.4 is 0 Å². The van der Waals surface area contributed by atoms with E-state index in [-0.39, 0.29) is 5.92 Å². The van der Waals surface area contributed by atoms with Gasteiger partial charge in [-0.3, -0.25) is 0 Å². The normalized spacial score (nSPS) is 23.4. The minimum absolute atomic E-state index is 0.0386. The summed E-state index contributed by atoms with van der Waals surface area (Å²) < 4.78 is 39.3. The number of hydrogen-bond acceptors (Lipinski definition) is 0. The fraction of sp³-hybridized carbons (Fsp3) is 0.667. The first kappa shape index (κ1) is 13.6. The molecule has 1 unspecified atom stereocenters.